The number of likely N-dealkylation sites (tertiary alicyclic amines) is 1. The molecule has 1 aromatic carbocycles. The van der Waals surface area contributed by atoms with Crippen molar-refractivity contribution in [1.29, 1.82) is 0 Å². The van der Waals surface area contributed by atoms with Gasteiger partial charge in [-0.3, -0.25) is 9.59 Å². The molecule has 2 aromatic rings. The number of anilines is 1. The molecule has 1 N–H and O–H groups in total. The lowest BCUT2D eigenvalue weighted by Gasteiger charge is -2.33. The molecule has 9 nitrogen and oxygen atoms in total. The predicted octanol–water partition coefficient (Wildman–Crippen LogP) is 2.63. The summed E-state index contributed by atoms with van der Waals surface area (Å²) in [4.78, 5) is 50.3. The summed E-state index contributed by atoms with van der Waals surface area (Å²) in [7, 11) is 0. The van der Waals surface area contributed by atoms with Crippen LogP contribution in [0.1, 0.15) is 47.1 Å². The highest BCUT2D eigenvalue weighted by atomic mass is 16.5. The molecular formula is C22H24N2O7. The van der Waals surface area contributed by atoms with Gasteiger partial charge in [-0.2, -0.15) is 0 Å². The quantitative estimate of drug-likeness (QED) is 0.674. The number of nitrogens with one attached hydrogen (secondary N) is 1. The number of hydrogen-bond donors (Lipinski definition) is 1. The van der Waals surface area contributed by atoms with Crippen molar-refractivity contribution < 1.29 is 33.1 Å². The van der Waals surface area contributed by atoms with Crippen LogP contribution in [-0.2, 0) is 19.1 Å². The van der Waals surface area contributed by atoms with E-state index in [1.165, 1.54) is 29.4 Å². The van der Waals surface area contributed by atoms with Gasteiger partial charge in [0.2, 0.25) is 0 Å². The van der Waals surface area contributed by atoms with Crippen LogP contribution in [0.2, 0.25) is 0 Å². The van der Waals surface area contributed by atoms with Crippen LogP contribution in [0.4, 0.5) is 5.69 Å². The molecule has 1 aliphatic rings. The summed E-state index contributed by atoms with van der Waals surface area (Å²) >= 11 is 0. The van der Waals surface area contributed by atoms with E-state index in [2.05, 4.69) is 5.32 Å². The summed E-state index contributed by atoms with van der Waals surface area (Å²) < 4.78 is 15.2. The van der Waals surface area contributed by atoms with Crippen molar-refractivity contribution in [2.45, 2.75) is 32.2 Å². The molecule has 0 radical (unpaired) electrons. The summed E-state index contributed by atoms with van der Waals surface area (Å²) in [6.45, 7) is 1.91. The van der Waals surface area contributed by atoms with Crippen molar-refractivity contribution in [3.63, 3.8) is 0 Å². The van der Waals surface area contributed by atoms with E-state index in [9.17, 15) is 19.2 Å². The fraction of sp³-hybridized carbons (Fsp3) is 0.364. The fourth-order valence-electron chi connectivity index (χ4n) is 3.30. The molecule has 164 valence electrons. The Morgan fingerprint density at radius 3 is 2.55 bits per heavy atom. The van der Waals surface area contributed by atoms with Crippen molar-refractivity contribution in [2.75, 3.05) is 25.1 Å². The third kappa shape index (κ3) is 5.71. The molecule has 1 fully saturated rings. The first kappa shape index (κ1) is 22.1. The number of benzene rings is 1. The van der Waals surface area contributed by atoms with Crippen LogP contribution in [0.25, 0.3) is 0 Å². The fourth-order valence-corrected chi connectivity index (χ4v) is 3.30. The van der Waals surface area contributed by atoms with Gasteiger partial charge < -0.3 is 24.1 Å². The van der Waals surface area contributed by atoms with E-state index >= 15 is 0 Å². The first-order valence-electron chi connectivity index (χ1n) is 10.1. The molecule has 1 saturated heterocycles. The van der Waals surface area contributed by atoms with E-state index in [1.807, 2.05) is 0 Å². The Balaban J connectivity index is 1.53. The second-order valence-corrected chi connectivity index (χ2v) is 6.94. The third-order valence-corrected chi connectivity index (χ3v) is 4.83. The van der Waals surface area contributed by atoms with Crippen molar-refractivity contribution in [1.82, 2.24) is 4.90 Å². The molecule has 2 amide bonds. The summed E-state index contributed by atoms with van der Waals surface area (Å²) in [5, 5.41) is 2.64. The van der Waals surface area contributed by atoms with E-state index in [4.69, 9.17) is 13.9 Å². The molecule has 0 spiro atoms. The van der Waals surface area contributed by atoms with Gasteiger partial charge in [0.25, 0.3) is 11.8 Å². The average molecular weight is 428 g/mol. The Hall–Kier alpha value is -3.62. The molecule has 0 aliphatic carbocycles. The molecular weight excluding hydrogens is 404 g/mol. The average Bonchev–Trinajstić information content (AvgIpc) is 3.33. The third-order valence-electron chi connectivity index (χ3n) is 4.83. The minimum absolute atomic E-state index is 0.167. The zero-order chi connectivity index (χ0) is 22.2. The molecule has 1 atom stereocenters. The SMILES string of the molecule is CCOC(=O)C1CCCCN1C(=O)COC(=O)c1ccc(NC(=O)c2ccco2)cc1. The number of ether oxygens (including phenoxy) is 2. The number of hydrogen-bond acceptors (Lipinski definition) is 7. The summed E-state index contributed by atoms with van der Waals surface area (Å²) in [6.07, 6.45) is 3.54. The second-order valence-electron chi connectivity index (χ2n) is 6.94. The lowest BCUT2D eigenvalue weighted by molar-refractivity contribution is -0.157. The number of furan rings is 1. The number of amides is 2. The van der Waals surface area contributed by atoms with E-state index in [-0.39, 0.29) is 17.9 Å². The molecule has 1 aliphatic heterocycles. The minimum atomic E-state index is -0.679. The second kappa shape index (κ2) is 10.4. The Morgan fingerprint density at radius 2 is 1.87 bits per heavy atom. The monoisotopic (exact) mass is 428 g/mol. The summed E-state index contributed by atoms with van der Waals surface area (Å²) in [5.74, 6) is -1.80. The lowest BCUT2D eigenvalue weighted by atomic mass is 10.0. The van der Waals surface area contributed by atoms with Gasteiger partial charge >= 0.3 is 11.9 Å². The number of rotatable bonds is 7. The molecule has 1 aromatic heterocycles. The van der Waals surface area contributed by atoms with Gasteiger partial charge in [0.15, 0.2) is 12.4 Å². The van der Waals surface area contributed by atoms with Crippen LogP contribution in [0.15, 0.2) is 47.1 Å². The standard InChI is InChI=1S/C22H24N2O7/c1-2-29-22(28)17-6-3-4-12-24(17)19(25)14-31-21(27)15-8-10-16(11-9-15)23-20(26)18-7-5-13-30-18/h5,7-11,13,17H,2-4,6,12,14H2,1H3,(H,23,26). The van der Waals surface area contributed by atoms with Crippen LogP contribution < -0.4 is 5.32 Å². The van der Waals surface area contributed by atoms with Crippen LogP contribution in [-0.4, -0.2) is 54.5 Å². The first-order valence-corrected chi connectivity index (χ1v) is 10.1. The molecule has 0 bridgehead atoms. The van der Waals surface area contributed by atoms with Crippen LogP contribution in [0.5, 0.6) is 0 Å². The maximum Gasteiger partial charge on any atom is 0.338 e. The topological polar surface area (TPSA) is 115 Å². The van der Waals surface area contributed by atoms with E-state index < -0.39 is 36.4 Å². The zero-order valence-electron chi connectivity index (χ0n) is 17.2. The Bertz CT molecular complexity index is 922. The molecule has 0 saturated carbocycles. The van der Waals surface area contributed by atoms with Crippen LogP contribution in [0.3, 0.4) is 0 Å². The Morgan fingerprint density at radius 1 is 1.10 bits per heavy atom. The number of esters is 2. The largest absolute Gasteiger partial charge is 0.464 e. The van der Waals surface area contributed by atoms with E-state index in [1.54, 1.807) is 25.1 Å². The zero-order valence-corrected chi connectivity index (χ0v) is 17.2. The van der Waals surface area contributed by atoms with Gasteiger partial charge in [0, 0.05) is 12.2 Å². The number of nitrogens with zero attached hydrogens (tertiary/aromatic N) is 1. The maximum atomic E-state index is 12.5. The molecule has 31 heavy (non-hydrogen) atoms. The lowest BCUT2D eigenvalue weighted by Crippen LogP contribution is -2.50. The summed E-state index contributed by atoms with van der Waals surface area (Å²) in [5.41, 5.74) is 0.698. The van der Waals surface area contributed by atoms with Gasteiger partial charge in [0.05, 0.1) is 18.4 Å². The first-order chi connectivity index (χ1) is 15.0. The van der Waals surface area contributed by atoms with Crippen molar-refractivity contribution >= 4 is 29.4 Å². The van der Waals surface area contributed by atoms with Gasteiger partial charge in [-0.25, -0.2) is 9.59 Å². The smallest absolute Gasteiger partial charge is 0.338 e. The minimum Gasteiger partial charge on any atom is -0.464 e. The van der Waals surface area contributed by atoms with Crippen LogP contribution >= 0.6 is 0 Å². The van der Waals surface area contributed by atoms with Crippen molar-refractivity contribution in [3.05, 3.63) is 54.0 Å². The molecule has 3 rings (SSSR count). The molecule has 9 heteroatoms. The van der Waals surface area contributed by atoms with Gasteiger partial charge in [-0.05, 0) is 62.6 Å². The Kier molecular flexibility index (Phi) is 7.42. The van der Waals surface area contributed by atoms with Gasteiger partial charge in [-0.1, -0.05) is 0 Å². The van der Waals surface area contributed by atoms with Crippen molar-refractivity contribution in [2.24, 2.45) is 0 Å². The molecule has 2 heterocycles. The van der Waals surface area contributed by atoms with Crippen molar-refractivity contribution in [3.8, 4) is 0 Å². The maximum absolute atomic E-state index is 12.5. The number of carbonyl (C=O) groups is 4. The van der Waals surface area contributed by atoms with E-state index in [0.29, 0.717) is 18.7 Å². The van der Waals surface area contributed by atoms with Crippen LogP contribution in [0, 0.1) is 0 Å². The predicted molar refractivity (Wildman–Crippen MR) is 109 cm³/mol. The highest BCUT2D eigenvalue weighted by Gasteiger charge is 2.33. The molecule has 1 unspecified atom stereocenters. The normalized spacial score (nSPS) is 15.8. The highest BCUT2D eigenvalue weighted by Crippen LogP contribution is 2.19. The van der Waals surface area contributed by atoms with Gasteiger partial charge in [0.1, 0.15) is 6.04 Å². The highest BCUT2D eigenvalue weighted by molar-refractivity contribution is 6.02. The van der Waals surface area contributed by atoms with E-state index in [0.717, 1.165) is 12.8 Å². The number of piperidine rings is 1. The van der Waals surface area contributed by atoms with Gasteiger partial charge in [-0.15, -0.1) is 0 Å². The Labute approximate surface area is 179 Å². The number of carbonyl (C=O) groups excluding carboxylic acids is 4. The summed E-state index contributed by atoms with van der Waals surface area (Å²) in [6, 6.07) is 8.54.